The van der Waals surface area contributed by atoms with Crippen molar-refractivity contribution in [3.63, 3.8) is 0 Å². The number of rotatable bonds is 4. The van der Waals surface area contributed by atoms with Gasteiger partial charge >= 0.3 is 7.52 Å². The van der Waals surface area contributed by atoms with E-state index in [1.807, 2.05) is 42.5 Å². The van der Waals surface area contributed by atoms with Crippen LogP contribution < -0.4 is 9.61 Å². The smallest absolute Gasteiger partial charge is 0.339 e. The summed E-state index contributed by atoms with van der Waals surface area (Å²) >= 11 is 1.46. The molecule has 1 aromatic heterocycles. The van der Waals surface area contributed by atoms with E-state index < -0.39 is 7.52 Å². The van der Waals surface area contributed by atoms with Crippen molar-refractivity contribution in [3.05, 3.63) is 54.6 Å². The summed E-state index contributed by atoms with van der Waals surface area (Å²) in [6.07, 6.45) is 0. The lowest BCUT2D eigenvalue weighted by Crippen LogP contribution is -2.01. The number of thiazole rings is 1. The van der Waals surface area contributed by atoms with E-state index in [2.05, 4.69) is 10.1 Å². The van der Waals surface area contributed by atoms with E-state index in [4.69, 9.17) is 4.52 Å². The highest BCUT2D eigenvalue weighted by atomic mass is 32.1. The van der Waals surface area contributed by atoms with Gasteiger partial charge in [0.1, 0.15) is 5.75 Å². The van der Waals surface area contributed by atoms with Crippen LogP contribution in [-0.2, 0) is 4.57 Å². The van der Waals surface area contributed by atoms with Crippen molar-refractivity contribution < 1.29 is 9.09 Å². The molecular weight excluding hydrogens is 291 g/mol. The highest BCUT2D eigenvalue weighted by Crippen LogP contribution is 2.44. The van der Waals surface area contributed by atoms with Gasteiger partial charge in [-0.15, -0.1) is 0 Å². The molecule has 1 heterocycles. The minimum Gasteiger partial charge on any atom is -0.429 e. The summed E-state index contributed by atoms with van der Waals surface area (Å²) in [6, 6.07) is 16.9. The Morgan fingerprint density at radius 2 is 1.80 bits per heavy atom. The minimum absolute atomic E-state index is 0.576. The number of para-hydroxylation sites is 2. The van der Waals surface area contributed by atoms with E-state index in [-0.39, 0.29) is 0 Å². The molecule has 0 fully saturated rings. The highest BCUT2D eigenvalue weighted by Gasteiger charge is 2.19. The fourth-order valence-corrected chi connectivity index (χ4v) is 4.16. The maximum absolute atomic E-state index is 12.5. The Kier molecular flexibility index (Phi) is 3.47. The zero-order valence-corrected chi connectivity index (χ0v) is 12.5. The van der Waals surface area contributed by atoms with Crippen LogP contribution in [0.25, 0.3) is 10.2 Å². The third-order valence-electron chi connectivity index (χ3n) is 2.62. The normalized spacial score (nSPS) is 13.8. The lowest BCUT2D eigenvalue weighted by Gasteiger charge is -2.15. The van der Waals surface area contributed by atoms with Gasteiger partial charge in [0.25, 0.3) is 0 Å². The van der Waals surface area contributed by atoms with Crippen LogP contribution in [0, 0.1) is 0 Å². The number of benzene rings is 2. The van der Waals surface area contributed by atoms with Crippen LogP contribution in [-0.4, -0.2) is 11.6 Å². The van der Waals surface area contributed by atoms with Crippen LogP contribution in [0.15, 0.2) is 54.6 Å². The maximum atomic E-state index is 12.5. The molecule has 1 N–H and O–H groups in total. The number of fused-ring (bicyclic) bond motifs is 1. The summed E-state index contributed by atoms with van der Waals surface area (Å²) in [4.78, 5) is 4.39. The Labute approximate surface area is 120 Å². The van der Waals surface area contributed by atoms with Gasteiger partial charge in [-0.2, -0.15) is 0 Å². The average Bonchev–Trinajstić information content (AvgIpc) is 2.80. The van der Waals surface area contributed by atoms with Crippen LogP contribution in [0.2, 0.25) is 0 Å². The number of nitrogens with one attached hydrogen (secondary N) is 1. The van der Waals surface area contributed by atoms with Gasteiger partial charge in [0.15, 0.2) is 5.13 Å². The molecule has 6 heteroatoms. The predicted molar refractivity (Wildman–Crippen MR) is 83.8 cm³/mol. The monoisotopic (exact) mass is 304 g/mol. The summed E-state index contributed by atoms with van der Waals surface area (Å²) < 4.78 is 19.0. The van der Waals surface area contributed by atoms with E-state index in [1.165, 1.54) is 11.3 Å². The average molecular weight is 304 g/mol. The molecule has 0 aliphatic carbocycles. The first-order valence-corrected chi connectivity index (χ1v) is 8.97. The van der Waals surface area contributed by atoms with Gasteiger partial charge in [-0.25, -0.2) is 4.98 Å². The Morgan fingerprint density at radius 3 is 2.55 bits per heavy atom. The molecule has 0 radical (unpaired) electrons. The van der Waals surface area contributed by atoms with Crippen molar-refractivity contribution in [2.45, 2.75) is 0 Å². The maximum Gasteiger partial charge on any atom is 0.339 e. The summed E-state index contributed by atoms with van der Waals surface area (Å²) in [7, 11) is -2.99. The van der Waals surface area contributed by atoms with E-state index in [1.54, 1.807) is 18.8 Å². The van der Waals surface area contributed by atoms with Gasteiger partial charge in [0.05, 0.1) is 10.2 Å². The minimum atomic E-state index is -2.99. The van der Waals surface area contributed by atoms with Crippen molar-refractivity contribution in [1.82, 2.24) is 4.98 Å². The number of hydrogen-bond acceptors (Lipinski definition) is 4. The molecule has 20 heavy (non-hydrogen) atoms. The van der Waals surface area contributed by atoms with E-state index >= 15 is 0 Å². The van der Waals surface area contributed by atoms with Gasteiger partial charge in [-0.1, -0.05) is 41.7 Å². The molecule has 0 bridgehead atoms. The molecule has 4 nitrogen and oxygen atoms in total. The number of anilines is 1. The first kappa shape index (κ1) is 13.2. The Morgan fingerprint density at radius 1 is 1.10 bits per heavy atom. The van der Waals surface area contributed by atoms with Crippen molar-refractivity contribution in [2.75, 3.05) is 11.8 Å². The van der Waals surface area contributed by atoms with Gasteiger partial charge in [-0.3, -0.25) is 9.65 Å². The summed E-state index contributed by atoms with van der Waals surface area (Å²) in [5.41, 5.74) is 0.889. The van der Waals surface area contributed by atoms with Gasteiger partial charge in [0, 0.05) is 6.66 Å². The first-order valence-electron chi connectivity index (χ1n) is 6.08. The number of hydrogen-bond donors (Lipinski definition) is 1. The lowest BCUT2D eigenvalue weighted by atomic mass is 10.3. The summed E-state index contributed by atoms with van der Waals surface area (Å²) in [5.74, 6) is 0.576. The van der Waals surface area contributed by atoms with Crippen LogP contribution >= 0.6 is 18.9 Å². The first-order chi connectivity index (χ1) is 9.62. The van der Waals surface area contributed by atoms with Crippen molar-refractivity contribution in [1.29, 1.82) is 0 Å². The molecule has 102 valence electrons. The van der Waals surface area contributed by atoms with Gasteiger partial charge in [-0.05, 0) is 24.3 Å². The Balaban J connectivity index is 1.80. The van der Waals surface area contributed by atoms with E-state index in [0.29, 0.717) is 10.9 Å². The third-order valence-corrected chi connectivity index (χ3v) is 4.90. The second-order valence-electron chi connectivity index (χ2n) is 4.35. The molecule has 1 atom stereocenters. The summed E-state index contributed by atoms with van der Waals surface area (Å²) in [6.45, 7) is 1.55. The fraction of sp³-hybridized carbons (Fsp3) is 0.0714. The number of nitrogens with zero attached hydrogens (tertiary/aromatic N) is 1. The standard InChI is InChI=1S/C14H13N2O2PS/c1-19(17,18-11-7-3-2-4-8-11)16-14-15-12-9-5-6-10-13(12)20-14/h2-10H,1H3,(H,15,16,17). The van der Waals surface area contributed by atoms with Crippen molar-refractivity contribution in [3.8, 4) is 5.75 Å². The fourth-order valence-electron chi connectivity index (χ4n) is 1.80. The van der Waals surface area contributed by atoms with E-state index in [9.17, 15) is 4.57 Å². The molecule has 0 saturated heterocycles. The molecule has 0 saturated carbocycles. The molecule has 0 aliphatic heterocycles. The third kappa shape index (κ3) is 3.00. The van der Waals surface area contributed by atoms with Crippen LogP contribution in [0.1, 0.15) is 0 Å². The van der Waals surface area contributed by atoms with Gasteiger partial charge in [0.2, 0.25) is 0 Å². The van der Waals surface area contributed by atoms with Crippen LogP contribution in [0.4, 0.5) is 5.13 Å². The zero-order valence-electron chi connectivity index (χ0n) is 10.8. The van der Waals surface area contributed by atoms with E-state index in [0.717, 1.165) is 10.2 Å². The SMILES string of the molecule is CP(=O)(Nc1nc2ccccc2s1)Oc1ccccc1. The second kappa shape index (κ2) is 5.27. The quantitative estimate of drug-likeness (QED) is 0.715. The van der Waals surface area contributed by atoms with Crippen LogP contribution in [0.3, 0.4) is 0 Å². The molecule has 3 aromatic rings. The topological polar surface area (TPSA) is 51.2 Å². The van der Waals surface area contributed by atoms with Crippen molar-refractivity contribution >= 4 is 34.2 Å². The predicted octanol–water partition coefficient (Wildman–Crippen LogP) is 4.61. The molecule has 3 rings (SSSR count). The Bertz CT molecular complexity index is 740. The summed E-state index contributed by atoms with van der Waals surface area (Å²) in [5, 5.41) is 3.50. The molecular formula is C14H13N2O2PS. The number of aromatic nitrogens is 1. The molecule has 1 unspecified atom stereocenters. The van der Waals surface area contributed by atoms with Gasteiger partial charge < -0.3 is 4.52 Å². The molecule has 0 aliphatic rings. The molecule has 0 spiro atoms. The largest absolute Gasteiger partial charge is 0.429 e. The Hall–Kier alpha value is -1.84. The molecule has 2 aromatic carbocycles. The van der Waals surface area contributed by atoms with Crippen molar-refractivity contribution in [2.24, 2.45) is 0 Å². The second-order valence-corrected chi connectivity index (χ2v) is 7.48. The zero-order chi connectivity index (χ0) is 14.0. The highest BCUT2D eigenvalue weighted by molar-refractivity contribution is 7.60. The lowest BCUT2D eigenvalue weighted by molar-refractivity contribution is 0.493. The molecule has 0 amide bonds. The van der Waals surface area contributed by atoms with Crippen LogP contribution in [0.5, 0.6) is 5.75 Å².